The number of hydrogen-bond acceptors (Lipinski definition) is 4. The van der Waals surface area contributed by atoms with Crippen LogP contribution in [-0.4, -0.2) is 32.5 Å². The molecule has 1 unspecified atom stereocenters. The molecule has 2 rings (SSSR count). The third kappa shape index (κ3) is 4.39. The molecular formula is C15H22LiO4P. The van der Waals surface area contributed by atoms with E-state index in [1.54, 1.807) is 33.5 Å². The van der Waals surface area contributed by atoms with Gasteiger partial charge in [0.2, 0.25) is 0 Å². The number of methoxy groups -OCH3 is 3. The Kier molecular flexibility index (Phi) is 7.60. The zero-order valence-electron chi connectivity index (χ0n) is 14.2. The van der Waals surface area contributed by atoms with Crippen LogP contribution in [0.4, 0.5) is 0 Å². The van der Waals surface area contributed by atoms with E-state index in [2.05, 4.69) is 0 Å². The molecule has 0 heterocycles. The van der Waals surface area contributed by atoms with Crippen molar-refractivity contribution >= 4 is 14.1 Å². The quantitative estimate of drug-likeness (QED) is 0.570. The minimum Gasteiger partial charge on any atom is -1.00 e. The van der Waals surface area contributed by atoms with Crippen molar-refractivity contribution in [3.05, 3.63) is 17.7 Å². The van der Waals surface area contributed by atoms with Crippen LogP contribution in [0.15, 0.2) is 12.1 Å². The van der Waals surface area contributed by atoms with E-state index in [9.17, 15) is 4.79 Å². The van der Waals surface area contributed by atoms with Crippen LogP contribution in [0.5, 0.6) is 17.2 Å². The smallest absolute Gasteiger partial charge is 1.00 e. The zero-order chi connectivity index (χ0) is 14.5. The van der Waals surface area contributed by atoms with Crippen LogP contribution < -0.4 is 33.1 Å². The molecule has 0 saturated heterocycles. The normalized spacial score (nSPS) is 15.0. The summed E-state index contributed by atoms with van der Waals surface area (Å²) in [4.78, 5) is 12.6. The first-order valence-corrected chi connectivity index (χ1v) is 7.88. The van der Waals surface area contributed by atoms with Crippen LogP contribution in [0.25, 0.3) is 0 Å². The van der Waals surface area contributed by atoms with Gasteiger partial charge in [0.1, 0.15) is 22.8 Å². The fourth-order valence-electron chi connectivity index (χ4n) is 2.56. The monoisotopic (exact) mass is 304 g/mol. The summed E-state index contributed by atoms with van der Waals surface area (Å²) in [6, 6.07) is 3.46. The van der Waals surface area contributed by atoms with E-state index in [-0.39, 0.29) is 25.8 Å². The van der Waals surface area contributed by atoms with Gasteiger partial charge in [-0.05, 0) is 27.1 Å². The zero-order valence-corrected chi connectivity index (χ0v) is 14.2. The number of carbonyl (C=O) groups is 1. The van der Waals surface area contributed by atoms with Crippen LogP contribution in [0.3, 0.4) is 0 Å². The van der Waals surface area contributed by atoms with Crippen LogP contribution in [0.2, 0.25) is 0 Å². The molecule has 112 valence electrons. The Hall–Kier alpha value is -0.683. The summed E-state index contributed by atoms with van der Waals surface area (Å²) in [5, 5.41) is 0. The summed E-state index contributed by atoms with van der Waals surface area (Å²) < 4.78 is 15.9. The second-order valence-corrected chi connectivity index (χ2v) is 6.42. The minimum absolute atomic E-state index is 0. The molecule has 6 heteroatoms. The topological polar surface area (TPSA) is 44.8 Å². The number of rotatable bonds is 6. The maximum atomic E-state index is 12.6. The first-order chi connectivity index (χ1) is 9.69. The van der Waals surface area contributed by atoms with Crippen molar-refractivity contribution in [2.24, 2.45) is 0 Å². The average molecular weight is 304 g/mol. The van der Waals surface area contributed by atoms with Gasteiger partial charge in [-0.1, -0.05) is 12.8 Å². The van der Waals surface area contributed by atoms with Gasteiger partial charge >= 0.3 is 18.9 Å². The van der Waals surface area contributed by atoms with Gasteiger partial charge in [-0.2, -0.15) is 0 Å². The van der Waals surface area contributed by atoms with Gasteiger partial charge in [0.05, 0.1) is 21.3 Å². The molecule has 0 amide bonds. The van der Waals surface area contributed by atoms with Gasteiger partial charge in [0.25, 0.3) is 0 Å². The van der Waals surface area contributed by atoms with E-state index in [4.69, 9.17) is 14.2 Å². The molecule has 1 saturated carbocycles. The summed E-state index contributed by atoms with van der Waals surface area (Å²) in [7, 11) is 4.99. The summed E-state index contributed by atoms with van der Waals surface area (Å²) >= 11 is 0. The molecule has 0 aromatic heterocycles. The fraction of sp³-hybridized carbons (Fsp3) is 0.533. The molecule has 1 atom stereocenters. The maximum Gasteiger partial charge on any atom is 1.00 e. The molecule has 21 heavy (non-hydrogen) atoms. The first-order valence-electron chi connectivity index (χ1n) is 6.80. The van der Waals surface area contributed by atoms with Crippen molar-refractivity contribution in [1.29, 1.82) is 0 Å². The van der Waals surface area contributed by atoms with Gasteiger partial charge in [-0.25, -0.2) is 0 Å². The van der Waals surface area contributed by atoms with Gasteiger partial charge in [-0.3, -0.25) is 4.79 Å². The molecule has 0 N–H and O–H groups in total. The Morgan fingerprint density at radius 1 is 1.10 bits per heavy atom. The predicted octanol–water partition coefficient (Wildman–Crippen LogP) is 0.590. The Morgan fingerprint density at radius 3 is 2.05 bits per heavy atom. The van der Waals surface area contributed by atoms with Crippen molar-refractivity contribution in [1.82, 2.24) is 0 Å². The third-order valence-electron chi connectivity index (χ3n) is 3.63. The number of ether oxygens (including phenoxy) is 3. The molecule has 1 fully saturated rings. The molecule has 0 radical (unpaired) electrons. The molecule has 1 aromatic rings. The van der Waals surface area contributed by atoms with E-state index < -0.39 is 0 Å². The van der Waals surface area contributed by atoms with Gasteiger partial charge in [-0.15, -0.1) is 0 Å². The van der Waals surface area contributed by atoms with Crippen molar-refractivity contribution in [2.45, 2.75) is 31.3 Å². The molecular weight excluding hydrogens is 282 g/mol. The number of carbonyl (C=O) groups excluding carboxylic acids is 1. The van der Waals surface area contributed by atoms with Gasteiger partial charge in [0.15, 0.2) is 5.52 Å². The standard InChI is InChI=1S/C15H21O4P.Li.H/c1-17-10-8-12(18-2)14(13(9-10)19-3)15(16)20-11-6-4-5-7-11;;/h8-9,11,20H,4-7H2,1-3H3;;/q;+1;-1. The second-order valence-electron chi connectivity index (χ2n) is 4.86. The summed E-state index contributed by atoms with van der Waals surface area (Å²) in [5.41, 5.74) is 1.19. The predicted molar refractivity (Wildman–Crippen MR) is 82.1 cm³/mol. The van der Waals surface area contributed by atoms with Crippen molar-refractivity contribution in [3.8, 4) is 17.2 Å². The van der Waals surface area contributed by atoms with Gasteiger partial charge in [0, 0.05) is 12.1 Å². The molecule has 4 nitrogen and oxygen atoms in total. The Bertz CT molecular complexity index is 467. The fourth-order valence-corrected chi connectivity index (χ4v) is 4.02. The Morgan fingerprint density at radius 2 is 1.62 bits per heavy atom. The second kappa shape index (κ2) is 8.69. The molecule has 1 aliphatic rings. The van der Waals surface area contributed by atoms with E-state index in [1.165, 1.54) is 12.8 Å². The van der Waals surface area contributed by atoms with Crippen LogP contribution in [0, 0.1) is 0 Å². The average Bonchev–Trinajstić information content (AvgIpc) is 2.98. The van der Waals surface area contributed by atoms with Crippen LogP contribution >= 0.6 is 8.58 Å². The minimum atomic E-state index is 0. The molecule has 0 aliphatic heterocycles. The molecule has 0 bridgehead atoms. The summed E-state index contributed by atoms with van der Waals surface area (Å²) in [6.07, 6.45) is 4.79. The van der Waals surface area contributed by atoms with E-state index in [1.807, 2.05) is 0 Å². The van der Waals surface area contributed by atoms with E-state index in [0.717, 1.165) is 12.8 Å². The Labute approximate surface area is 141 Å². The van der Waals surface area contributed by atoms with Crippen molar-refractivity contribution in [3.63, 3.8) is 0 Å². The first kappa shape index (κ1) is 18.4. The van der Waals surface area contributed by atoms with Crippen molar-refractivity contribution < 1.29 is 39.3 Å². The number of benzene rings is 1. The van der Waals surface area contributed by atoms with Crippen molar-refractivity contribution in [2.75, 3.05) is 21.3 Å². The van der Waals surface area contributed by atoms with Crippen LogP contribution in [-0.2, 0) is 0 Å². The molecule has 0 spiro atoms. The SMILES string of the molecule is COc1cc(OC)c(C(=O)PC2CCCC2)c(OC)c1.[H-].[Li+]. The van der Waals surface area contributed by atoms with Crippen LogP contribution in [0.1, 0.15) is 37.5 Å². The largest absolute Gasteiger partial charge is 1.00 e. The number of hydrogen-bond donors (Lipinski definition) is 0. The molecule has 1 aliphatic carbocycles. The maximum absolute atomic E-state index is 12.6. The third-order valence-corrected chi connectivity index (χ3v) is 5.13. The van der Waals surface area contributed by atoms with E-state index >= 15 is 0 Å². The molecule has 1 aromatic carbocycles. The Balaban J connectivity index is 0.00000220. The summed E-state index contributed by atoms with van der Waals surface area (Å²) in [6.45, 7) is 0. The summed E-state index contributed by atoms with van der Waals surface area (Å²) in [5.74, 6) is 1.67. The van der Waals surface area contributed by atoms with Gasteiger partial charge < -0.3 is 15.6 Å². The van der Waals surface area contributed by atoms with E-state index in [0.29, 0.717) is 37.1 Å².